The van der Waals surface area contributed by atoms with Gasteiger partial charge in [-0.25, -0.2) is 19.3 Å². The first-order valence-electron chi connectivity index (χ1n) is 12.9. The van der Waals surface area contributed by atoms with E-state index in [1.165, 1.54) is 17.7 Å². The first kappa shape index (κ1) is 25.8. The van der Waals surface area contributed by atoms with Crippen LogP contribution < -0.4 is 10.5 Å². The standard InChI is InChI=1S/C29H33FN6O2/c1-3-38-24-6-4-5-20(17-24)18-35(15-16-37-2)19-23-11-12-26-34-27(21-7-9-22(30)10-8-21)28(36(23)26)25-13-14-32-29(31)33-25/h4-10,13-14,17,23H,3,11-12,15-16,18-19H2,1-2H3,(H2,31,32,33)/t23-/m0/s1. The number of hydrogen-bond donors (Lipinski definition) is 1. The number of ether oxygens (including phenoxy) is 2. The summed E-state index contributed by atoms with van der Waals surface area (Å²) < 4.78 is 27.1. The fraction of sp³-hybridized carbons (Fsp3) is 0.345. The number of anilines is 1. The number of rotatable bonds is 11. The molecule has 0 aliphatic carbocycles. The summed E-state index contributed by atoms with van der Waals surface area (Å²) in [5, 5.41) is 0. The molecule has 0 bridgehead atoms. The summed E-state index contributed by atoms with van der Waals surface area (Å²) >= 11 is 0. The molecule has 4 aromatic rings. The maximum absolute atomic E-state index is 13.7. The van der Waals surface area contributed by atoms with Gasteiger partial charge in [-0.05, 0) is 61.4 Å². The van der Waals surface area contributed by atoms with Crippen LogP contribution in [0.3, 0.4) is 0 Å². The second kappa shape index (κ2) is 11.7. The number of nitrogens with two attached hydrogens (primary N) is 1. The molecule has 2 N–H and O–H groups in total. The Morgan fingerprint density at radius 1 is 1.13 bits per heavy atom. The van der Waals surface area contributed by atoms with Gasteiger partial charge in [-0.15, -0.1) is 0 Å². The third kappa shape index (κ3) is 5.69. The van der Waals surface area contributed by atoms with Crippen LogP contribution in [0.25, 0.3) is 22.6 Å². The van der Waals surface area contributed by atoms with Crippen molar-refractivity contribution in [3.63, 3.8) is 0 Å². The van der Waals surface area contributed by atoms with E-state index in [0.717, 1.165) is 61.0 Å². The first-order valence-corrected chi connectivity index (χ1v) is 12.9. The lowest BCUT2D eigenvalue weighted by Crippen LogP contribution is -2.32. The number of benzene rings is 2. The Balaban J connectivity index is 1.50. The molecule has 0 amide bonds. The summed E-state index contributed by atoms with van der Waals surface area (Å²) in [5.74, 6) is 1.79. The molecule has 2 aromatic carbocycles. The molecule has 5 rings (SSSR count). The number of imidazole rings is 1. The number of nitrogen functional groups attached to an aromatic ring is 1. The summed E-state index contributed by atoms with van der Waals surface area (Å²) in [6.07, 6.45) is 3.46. The Morgan fingerprint density at radius 3 is 2.74 bits per heavy atom. The maximum Gasteiger partial charge on any atom is 0.220 e. The monoisotopic (exact) mass is 516 g/mol. The van der Waals surface area contributed by atoms with Gasteiger partial charge in [0.15, 0.2) is 0 Å². The smallest absolute Gasteiger partial charge is 0.220 e. The van der Waals surface area contributed by atoms with Crippen molar-refractivity contribution in [2.45, 2.75) is 32.4 Å². The zero-order valence-corrected chi connectivity index (χ0v) is 21.8. The molecule has 0 spiro atoms. The number of nitrogens with zero attached hydrogens (tertiary/aromatic N) is 5. The molecule has 1 aliphatic rings. The van der Waals surface area contributed by atoms with Crippen LogP contribution in [0.1, 0.15) is 30.8 Å². The highest BCUT2D eigenvalue weighted by Crippen LogP contribution is 2.39. The van der Waals surface area contributed by atoms with Gasteiger partial charge in [0, 0.05) is 51.0 Å². The summed E-state index contributed by atoms with van der Waals surface area (Å²) in [7, 11) is 1.73. The zero-order valence-electron chi connectivity index (χ0n) is 21.8. The molecule has 1 atom stereocenters. The maximum atomic E-state index is 13.7. The predicted molar refractivity (Wildman–Crippen MR) is 145 cm³/mol. The quantitative estimate of drug-likeness (QED) is 0.307. The molecular formula is C29H33FN6O2. The number of aryl methyl sites for hydroxylation is 1. The molecule has 1 aliphatic heterocycles. The number of hydrogen-bond acceptors (Lipinski definition) is 7. The van der Waals surface area contributed by atoms with Gasteiger partial charge in [0.05, 0.1) is 30.3 Å². The van der Waals surface area contributed by atoms with Gasteiger partial charge in [-0.3, -0.25) is 4.90 Å². The fourth-order valence-electron chi connectivity index (χ4n) is 5.12. The molecule has 0 saturated carbocycles. The predicted octanol–water partition coefficient (Wildman–Crippen LogP) is 4.76. The zero-order chi connectivity index (χ0) is 26.5. The van der Waals surface area contributed by atoms with E-state index in [0.29, 0.717) is 18.9 Å². The van der Waals surface area contributed by atoms with Gasteiger partial charge < -0.3 is 19.8 Å². The van der Waals surface area contributed by atoms with E-state index in [-0.39, 0.29) is 17.8 Å². The molecule has 8 nitrogen and oxygen atoms in total. The summed E-state index contributed by atoms with van der Waals surface area (Å²) in [6.45, 7) is 5.62. The lowest BCUT2D eigenvalue weighted by atomic mass is 10.1. The van der Waals surface area contributed by atoms with E-state index >= 15 is 0 Å². The second-order valence-electron chi connectivity index (χ2n) is 9.40. The van der Waals surface area contributed by atoms with Crippen molar-refractivity contribution in [1.29, 1.82) is 0 Å². The molecule has 0 radical (unpaired) electrons. The van der Waals surface area contributed by atoms with Crippen molar-refractivity contribution in [2.24, 2.45) is 0 Å². The fourth-order valence-corrected chi connectivity index (χ4v) is 5.12. The highest BCUT2D eigenvalue weighted by molar-refractivity contribution is 5.78. The van der Waals surface area contributed by atoms with Crippen LogP contribution in [-0.4, -0.2) is 57.8 Å². The molecule has 2 aromatic heterocycles. The topological polar surface area (TPSA) is 91.3 Å². The highest BCUT2D eigenvalue weighted by atomic mass is 19.1. The number of fused-ring (bicyclic) bond motifs is 1. The Labute approximate surface area is 222 Å². The number of halogens is 1. The van der Waals surface area contributed by atoms with Gasteiger partial charge in [0.2, 0.25) is 5.95 Å². The Bertz CT molecular complexity index is 1370. The van der Waals surface area contributed by atoms with Gasteiger partial charge in [0.25, 0.3) is 0 Å². The van der Waals surface area contributed by atoms with Crippen molar-refractivity contribution >= 4 is 5.95 Å². The lowest BCUT2D eigenvalue weighted by Gasteiger charge is -2.27. The third-order valence-corrected chi connectivity index (χ3v) is 6.78. The SMILES string of the molecule is CCOc1cccc(CN(CCOC)C[C@@H]2CCc3nc(-c4ccc(F)cc4)c(-c4ccnc(N)n4)n32)c1. The van der Waals surface area contributed by atoms with Crippen LogP contribution in [0.5, 0.6) is 5.75 Å². The molecule has 198 valence electrons. The number of methoxy groups -OCH3 is 1. The average molecular weight is 517 g/mol. The number of aromatic nitrogens is 4. The van der Waals surface area contributed by atoms with E-state index < -0.39 is 0 Å². The molecule has 3 heterocycles. The van der Waals surface area contributed by atoms with Crippen LogP contribution >= 0.6 is 0 Å². The van der Waals surface area contributed by atoms with Crippen LogP contribution in [0, 0.1) is 5.82 Å². The van der Waals surface area contributed by atoms with E-state index in [1.54, 1.807) is 25.4 Å². The third-order valence-electron chi connectivity index (χ3n) is 6.78. The summed E-state index contributed by atoms with van der Waals surface area (Å²) in [4.78, 5) is 16.0. The van der Waals surface area contributed by atoms with Crippen LogP contribution in [0.4, 0.5) is 10.3 Å². The minimum Gasteiger partial charge on any atom is -0.494 e. The second-order valence-corrected chi connectivity index (χ2v) is 9.40. The van der Waals surface area contributed by atoms with E-state index in [4.69, 9.17) is 20.2 Å². The Kier molecular flexibility index (Phi) is 7.95. The largest absolute Gasteiger partial charge is 0.494 e. The van der Waals surface area contributed by atoms with Crippen LogP contribution in [-0.2, 0) is 17.7 Å². The average Bonchev–Trinajstić information content (AvgIpc) is 3.48. The van der Waals surface area contributed by atoms with E-state index in [2.05, 4.69) is 31.6 Å². The van der Waals surface area contributed by atoms with Crippen LogP contribution in [0.15, 0.2) is 60.8 Å². The molecule has 0 fully saturated rings. The highest BCUT2D eigenvalue weighted by Gasteiger charge is 2.32. The van der Waals surface area contributed by atoms with Crippen molar-refractivity contribution in [3.05, 3.63) is 78.0 Å². The molecule has 9 heteroatoms. The minimum atomic E-state index is -0.284. The Morgan fingerprint density at radius 2 is 1.97 bits per heavy atom. The van der Waals surface area contributed by atoms with Crippen molar-refractivity contribution in [3.8, 4) is 28.4 Å². The van der Waals surface area contributed by atoms with Crippen molar-refractivity contribution in [1.82, 2.24) is 24.4 Å². The molecule has 0 saturated heterocycles. The summed E-state index contributed by atoms with van der Waals surface area (Å²) in [5.41, 5.74) is 10.4. The molecule has 38 heavy (non-hydrogen) atoms. The molecule has 0 unspecified atom stereocenters. The van der Waals surface area contributed by atoms with Gasteiger partial charge in [-0.1, -0.05) is 12.1 Å². The minimum absolute atomic E-state index is 0.171. The van der Waals surface area contributed by atoms with E-state index in [9.17, 15) is 4.39 Å². The van der Waals surface area contributed by atoms with Crippen LogP contribution in [0.2, 0.25) is 0 Å². The van der Waals surface area contributed by atoms with Crippen molar-refractivity contribution < 1.29 is 13.9 Å². The van der Waals surface area contributed by atoms with Crippen molar-refractivity contribution in [2.75, 3.05) is 39.1 Å². The van der Waals surface area contributed by atoms with E-state index in [1.807, 2.05) is 25.1 Å². The van der Waals surface area contributed by atoms with Gasteiger partial charge in [0.1, 0.15) is 17.4 Å². The Hall–Kier alpha value is -3.82. The van der Waals surface area contributed by atoms with Gasteiger partial charge >= 0.3 is 0 Å². The summed E-state index contributed by atoms with van der Waals surface area (Å²) in [6, 6.07) is 16.7. The first-order chi connectivity index (χ1) is 18.6. The lowest BCUT2D eigenvalue weighted by molar-refractivity contribution is 0.134. The normalized spacial score (nSPS) is 14.7. The van der Waals surface area contributed by atoms with Gasteiger partial charge in [-0.2, -0.15) is 0 Å². The molecular weight excluding hydrogens is 483 g/mol.